The Hall–Kier alpha value is -2.37. The molecule has 0 aromatic carbocycles. The molecule has 19 heavy (non-hydrogen) atoms. The molecule has 0 spiro atoms. The van der Waals surface area contributed by atoms with Crippen molar-refractivity contribution in [3.63, 3.8) is 0 Å². The second-order valence-corrected chi connectivity index (χ2v) is 4.47. The zero-order valence-electron chi connectivity index (χ0n) is 10.7. The molecule has 98 valence electrons. The van der Waals surface area contributed by atoms with Gasteiger partial charge in [0.2, 0.25) is 0 Å². The van der Waals surface area contributed by atoms with Crippen molar-refractivity contribution in [2.24, 2.45) is 0 Å². The lowest BCUT2D eigenvalue weighted by atomic mass is 10.1. The Bertz CT molecular complexity index is 658. The van der Waals surface area contributed by atoms with Crippen LogP contribution in [0.25, 0.3) is 11.2 Å². The number of rotatable bonds is 2. The van der Waals surface area contributed by atoms with Crippen molar-refractivity contribution < 1.29 is 4.79 Å². The maximum absolute atomic E-state index is 11.2. The Balaban J connectivity index is 1.92. The van der Waals surface area contributed by atoms with Crippen LogP contribution in [-0.2, 0) is 0 Å². The smallest absolute Gasteiger partial charge is 0.320 e. The highest BCUT2D eigenvalue weighted by molar-refractivity contribution is 5.88. The number of imidazole rings is 1. The zero-order valence-corrected chi connectivity index (χ0v) is 10.7. The van der Waals surface area contributed by atoms with Crippen molar-refractivity contribution in [1.29, 1.82) is 0 Å². The van der Waals surface area contributed by atoms with Crippen molar-refractivity contribution >= 4 is 23.1 Å². The minimum absolute atomic E-state index is 0.290. The molecule has 2 heterocycles. The van der Waals surface area contributed by atoms with Crippen LogP contribution in [-0.4, -0.2) is 27.7 Å². The predicted molar refractivity (Wildman–Crippen MR) is 72.9 cm³/mol. The van der Waals surface area contributed by atoms with Gasteiger partial charge in [-0.1, -0.05) is 6.08 Å². The maximum atomic E-state index is 11.2. The number of urea groups is 1. The van der Waals surface area contributed by atoms with E-state index in [2.05, 4.69) is 26.8 Å². The number of nitrogens with zero attached hydrogens (tertiary/aromatic N) is 3. The lowest BCUT2D eigenvalue weighted by Gasteiger charge is -2.00. The van der Waals surface area contributed by atoms with Gasteiger partial charge in [-0.3, -0.25) is 5.32 Å². The summed E-state index contributed by atoms with van der Waals surface area (Å²) in [4.78, 5) is 15.5. The third-order valence-electron chi connectivity index (χ3n) is 3.16. The molecule has 2 amide bonds. The summed E-state index contributed by atoms with van der Waals surface area (Å²) < 4.78 is 1.69. The fraction of sp³-hybridized carbons (Fsp3) is 0.308. The summed E-state index contributed by atoms with van der Waals surface area (Å²) in [6, 6.07) is 3.60. The molecule has 0 aliphatic heterocycles. The van der Waals surface area contributed by atoms with Gasteiger partial charge in [-0.25, -0.2) is 14.3 Å². The van der Waals surface area contributed by atoms with Crippen LogP contribution in [0.3, 0.4) is 0 Å². The molecule has 1 aliphatic carbocycles. The van der Waals surface area contributed by atoms with Crippen LogP contribution in [0, 0.1) is 0 Å². The minimum atomic E-state index is -0.290. The van der Waals surface area contributed by atoms with Gasteiger partial charge in [0.15, 0.2) is 11.5 Å². The largest absolute Gasteiger partial charge is 0.341 e. The van der Waals surface area contributed by atoms with Gasteiger partial charge in [-0.05, 0) is 37.0 Å². The van der Waals surface area contributed by atoms with Gasteiger partial charge in [-0.15, -0.1) is 0 Å². The van der Waals surface area contributed by atoms with Gasteiger partial charge in [0, 0.05) is 7.05 Å². The van der Waals surface area contributed by atoms with Gasteiger partial charge in [0.25, 0.3) is 0 Å². The van der Waals surface area contributed by atoms with Crippen LogP contribution >= 0.6 is 0 Å². The van der Waals surface area contributed by atoms with Gasteiger partial charge in [0.05, 0.1) is 11.9 Å². The van der Waals surface area contributed by atoms with Crippen LogP contribution in [0.2, 0.25) is 0 Å². The number of allylic oxidation sites excluding steroid dienone is 2. The molecule has 0 atom stereocenters. The third-order valence-corrected chi connectivity index (χ3v) is 3.16. The van der Waals surface area contributed by atoms with Crippen molar-refractivity contribution in [2.45, 2.75) is 19.3 Å². The van der Waals surface area contributed by atoms with Crippen LogP contribution in [0.1, 0.15) is 25.0 Å². The summed E-state index contributed by atoms with van der Waals surface area (Å²) in [6.45, 7) is 0. The molecule has 0 bridgehead atoms. The Morgan fingerprint density at radius 1 is 1.42 bits per heavy atom. The minimum Gasteiger partial charge on any atom is -0.341 e. The number of carbonyl (C=O) groups is 1. The zero-order chi connectivity index (χ0) is 13.2. The number of anilines is 1. The van der Waals surface area contributed by atoms with Crippen LogP contribution in [0.5, 0.6) is 0 Å². The molecule has 6 heteroatoms. The Morgan fingerprint density at radius 2 is 2.32 bits per heavy atom. The summed E-state index contributed by atoms with van der Waals surface area (Å²) >= 11 is 0. The topological polar surface area (TPSA) is 71.3 Å². The van der Waals surface area contributed by atoms with Gasteiger partial charge in [-0.2, -0.15) is 5.10 Å². The third kappa shape index (κ3) is 2.29. The molecule has 0 unspecified atom stereocenters. The summed E-state index contributed by atoms with van der Waals surface area (Å²) in [5.41, 5.74) is 2.99. The molecule has 2 aromatic rings. The van der Waals surface area contributed by atoms with Crippen LogP contribution in [0.4, 0.5) is 10.6 Å². The highest BCUT2D eigenvalue weighted by atomic mass is 16.2. The lowest BCUT2D eigenvalue weighted by molar-refractivity contribution is 0.254. The van der Waals surface area contributed by atoms with E-state index in [0.29, 0.717) is 11.5 Å². The van der Waals surface area contributed by atoms with E-state index in [1.165, 1.54) is 12.0 Å². The number of fused-ring (bicyclic) bond motifs is 1. The van der Waals surface area contributed by atoms with Gasteiger partial charge < -0.3 is 5.32 Å². The molecule has 1 aliphatic rings. The lowest BCUT2D eigenvalue weighted by Crippen LogP contribution is -2.24. The van der Waals surface area contributed by atoms with Gasteiger partial charge in [0.1, 0.15) is 0 Å². The van der Waals surface area contributed by atoms with E-state index < -0.39 is 0 Å². The average Bonchev–Trinajstić information content (AvgIpc) is 3.06. The van der Waals surface area contributed by atoms with Gasteiger partial charge >= 0.3 is 6.03 Å². The van der Waals surface area contributed by atoms with E-state index >= 15 is 0 Å². The summed E-state index contributed by atoms with van der Waals surface area (Å²) in [5, 5.41) is 9.64. The SMILES string of the molecule is CNC(=O)Nc1cn2nc(C3=CCCC3)ccc2n1. The standard InChI is InChI=1S/C13H15N5O/c1-14-13(19)16-11-8-18-12(15-11)7-6-10(17-18)9-4-2-3-5-9/h4,6-8H,2-3,5H2,1H3,(H2,14,16,19). The number of aromatic nitrogens is 3. The molecule has 0 saturated carbocycles. The van der Waals surface area contributed by atoms with E-state index in [1.807, 2.05) is 12.1 Å². The van der Waals surface area contributed by atoms with E-state index in [9.17, 15) is 4.79 Å². The molecular formula is C13H15N5O. The Kier molecular flexibility index (Phi) is 2.91. The number of hydrogen-bond donors (Lipinski definition) is 2. The summed E-state index contributed by atoms with van der Waals surface area (Å²) in [7, 11) is 1.56. The quantitative estimate of drug-likeness (QED) is 0.865. The highest BCUT2D eigenvalue weighted by Crippen LogP contribution is 2.26. The molecule has 0 fully saturated rings. The van der Waals surface area contributed by atoms with Crippen molar-refractivity contribution in [3.8, 4) is 0 Å². The first-order valence-electron chi connectivity index (χ1n) is 6.31. The van der Waals surface area contributed by atoms with E-state index in [1.54, 1.807) is 17.8 Å². The van der Waals surface area contributed by atoms with Crippen molar-refractivity contribution in [3.05, 3.63) is 30.1 Å². The van der Waals surface area contributed by atoms with E-state index in [0.717, 1.165) is 18.5 Å². The normalized spacial score (nSPS) is 14.5. The second-order valence-electron chi connectivity index (χ2n) is 4.47. The molecule has 6 nitrogen and oxygen atoms in total. The molecule has 2 N–H and O–H groups in total. The monoisotopic (exact) mass is 257 g/mol. The Labute approximate surface area is 110 Å². The highest BCUT2D eigenvalue weighted by Gasteiger charge is 2.11. The molecule has 2 aromatic heterocycles. The molecular weight excluding hydrogens is 242 g/mol. The fourth-order valence-electron chi connectivity index (χ4n) is 2.20. The number of amides is 2. The summed E-state index contributed by atoms with van der Waals surface area (Å²) in [5.74, 6) is 0.490. The molecule has 0 radical (unpaired) electrons. The number of hydrogen-bond acceptors (Lipinski definition) is 3. The average molecular weight is 257 g/mol. The number of carbonyl (C=O) groups excluding carboxylic acids is 1. The molecule has 0 saturated heterocycles. The Morgan fingerprint density at radius 3 is 3.05 bits per heavy atom. The first kappa shape index (κ1) is 11.7. The second kappa shape index (κ2) is 4.72. The summed E-state index contributed by atoms with van der Waals surface area (Å²) in [6.07, 6.45) is 7.35. The van der Waals surface area contributed by atoms with Crippen molar-refractivity contribution in [2.75, 3.05) is 12.4 Å². The number of nitrogens with one attached hydrogen (secondary N) is 2. The first-order chi connectivity index (χ1) is 9.26. The van der Waals surface area contributed by atoms with E-state index in [4.69, 9.17) is 0 Å². The van der Waals surface area contributed by atoms with Crippen LogP contribution < -0.4 is 10.6 Å². The first-order valence-corrected chi connectivity index (χ1v) is 6.31. The van der Waals surface area contributed by atoms with Crippen molar-refractivity contribution in [1.82, 2.24) is 19.9 Å². The fourth-order valence-corrected chi connectivity index (χ4v) is 2.20. The van der Waals surface area contributed by atoms with E-state index in [-0.39, 0.29) is 6.03 Å². The maximum Gasteiger partial charge on any atom is 0.320 e. The predicted octanol–water partition coefficient (Wildman–Crippen LogP) is 2.05. The van der Waals surface area contributed by atoms with Crippen LogP contribution in [0.15, 0.2) is 24.4 Å². The molecule has 3 rings (SSSR count).